The van der Waals surface area contributed by atoms with Gasteiger partial charge in [-0.15, -0.1) is 0 Å². The third-order valence-electron chi connectivity index (χ3n) is 5.16. The van der Waals surface area contributed by atoms with E-state index in [9.17, 15) is 9.59 Å². The van der Waals surface area contributed by atoms with Gasteiger partial charge in [0.15, 0.2) is 23.1 Å². The number of nitrogens with zero attached hydrogens (tertiary/aromatic N) is 1. The first kappa shape index (κ1) is 19.5. The van der Waals surface area contributed by atoms with Gasteiger partial charge >= 0.3 is 0 Å². The maximum Gasteiger partial charge on any atom is 0.226 e. The molecule has 0 aliphatic carbocycles. The number of aromatic amines is 1. The lowest BCUT2D eigenvalue weighted by molar-refractivity contribution is -0.116. The molecule has 1 aliphatic heterocycles. The summed E-state index contributed by atoms with van der Waals surface area (Å²) in [6.45, 7) is 0. The predicted octanol–water partition coefficient (Wildman–Crippen LogP) is 3.41. The average molecular weight is 407 g/mol. The highest BCUT2D eigenvalue weighted by molar-refractivity contribution is 6.08. The lowest BCUT2D eigenvalue weighted by Crippen LogP contribution is -2.27. The van der Waals surface area contributed by atoms with Crippen LogP contribution in [0.4, 0.5) is 5.82 Å². The minimum Gasteiger partial charge on any atom is -0.497 e. The van der Waals surface area contributed by atoms with Gasteiger partial charge in [0, 0.05) is 23.1 Å². The second-order valence-electron chi connectivity index (χ2n) is 6.83. The van der Waals surface area contributed by atoms with Crippen molar-refractivity contribution in [3.63, 3.8) is 0 Å². The number of benzene rings is 2. The van der Waals surface area contributed by atoms with E-state index in [-0.39, 0.29) is 18.1 Å². The average Bonchev–Trinajstić information content (AvgIpc) is 3.21. The van der Waals surface area contributed by atoms with Crippen LogP contribution in [-0.2, 0) is 4.79 Å². The van der Waals surface area contributed by atoms with Gasteiger partial charge in [0.25, 0.3) is 0 Å². The molecule has 30 heavy (non-hydrogen) atoms. The molecule has 0 bridgehead atoms. The minimum absolute atomic E-state index is 0.0394. The van der Waals surface area contributed by atoms with Crippen LogP contribution < -0.4 is 19.5 Å². The van der Waals surface area contributed by atoms with E-state index in [2.05, 4.69) is 15.5 Å². The van der Waals surface area contributed by atoms with Gasteiger partial charge in [0.05, 0.1) is 32.9 Å². The fraction of sp³-hybridized carbons (Fsp3) is 0.227. The molecule has 1 unspecified atom stereocenters. The van der Waals surface area contributed by atoms with Crippen molar-refractivity contribution in [2.75, 3.05) is 26.6 Å². The molecular formula is C22H21N3O5. The van der Waals surface area contributed by atoms with E-state index >= 15 is 0 Å². The van der Waals surface area contributed by atoms with Crippen molar-refractivity contribution in [1.82, 2.24) is 10.2 Å². The molecule has 2 heterocycles. The number of ether oxygens (including phenoxy) is 3. The predicted molar refractivity (Wildman–Crippen MR) is 110 cm³/mol. The zero-order chi connectivity index (χ0) is 21.3. The van der Waals surface area contributed by atoms with E-state index in [0.29, 0.717) is 39.9 Å². The Kier molecular flexibility index (Phi) is 5.14. The molecule has 0 spiro atoms. The smallest absolute Gasteiger partial charge is 0.226 e. The fourth-order valence-electron chi connectivity index (χ4n) is 3.65. The van der Waals surface area contributed by atoms with Crippen LogP contribution in [0.1, 0.15) is 28.3 Å². The van der Waals surface area contributed by atoms with Crippen LogP contribution in [0.3, 0.4) is 0 Å². The Morgan fingerprint density at radius 3 is 2.40 bits per heavy atom. The van der Waals surface area contributed by atoms with Crippen molar-refractivity contribution in [2.24, 2.45) is 0 Å². The Morgan fingerprint density at radius 1 is 1.00 bits per heavy atom. The number of fused-ring (bicyclic) bond motifs is 1. The Morgan fingerprint density at radius 2 is 1.73 bits per heavy atom. The van der Waals surface area contributed by atoms with Crippen LogP contribution >= 0.6 is 0 Å². The van der Waals surface area contributed by atoms with Crippen molar-refractivity contribution < 1.29 is 23.8 Å². The number of hydrogen-bond donors (Lipinski definition) is 2. The molecule has 1 aromatic heterocycles. The number of Topliss-reactive ketones (excluding diaryl/α,β-unsaturated/α-hetero) is 1. The third-order valence-corrected chi connectivity index (χ3v) is 5.16. The Bertz CT molecular complexity index is 1100. The van der Waals surface area contributed by atoms with Crippen LogP contribution in [0.5, 0.6) is 17.2 Å². The highest BCUT2D eigenvalue weighted by atomic mass is 16.5. The Balaban J connectivity index is 1.78. The topological polar surface area (TPSA) is 103 Å². The number of nitrogens with one attached hydrogen (secondary N) is 2. The monoisotopic (exact) mass is 407 g/mol. The standard InChI is InChI=1S/C22H21N3O5/c1-28-14-7-4-12(5-8-14)21(27)15-11-18(26)23-22-19(15)20(24-25-22)13-6-9-16(29-2)17(10-13)30-3/h4-10,15H,11H2,1-3H3,(H2,23,24,25,26). The molecule has 1 amide bonds. The van der Waals surface area contributed by atoms with Crippen LogP contribution in [0.2, 0.25) is 0 Å². The van der Waals surface area contributed by atoms with Crippen LogP contribution in [0, 0.1) is 0 Å². The van der Waals surface area contributed by atoms with Gasteiger partial charge in [-0.3, -0.25) is 14.7 Å². The fourth-order valence-corrected chi connectivity index (χ4v) is 3.65. The summed E-state index contributed by atoms with van der Waals surface area (Å²) >= 11 is 0. The van der Waals surface area contributed by atoms with Gasteiger partial charge in [-0.1, -0.05) is 0 Å². The highest BCUT2D eigenvalue weighted by Gasteiger charge is 2.36. The molecule has 8 heteroatoms. The molecular weight excluding hydrogens is 386 g/mol. The van der Waals surface area contributed by atoms with E-state index in [1.165, 1.54) is 0 Å². The summed E-state index contributed by atoms with van der Waals surface area (Å²) in [5, 5.41) is 9.94. The van der Waals surface area contributed by atoms with E-state index in [1.807, 2.05) is 6.07 Å². The quantitative estimate of drug-likeness (QED) is 0.607. The number of hydrogen-bond acceptors (Lipinski definition) is 6. The maximum atomic E-state index is 13.3. The second-order valence-corrected chi connectivity index (χ2v) is 6.83. The van der Waals surface area contributed by atoms with Gasteiger partial charge in [0.1, 0.15) is 5.75 Å². The largest absolute Gasteiger partial charge is 0.497 e. The Hall–Kier alpha value is -3.81. The Labute approximate surface area is 173 Å². The molecule has 2 N–H and O–H groups in total. The van der Waals surface area contributed by atoms with Crippen molar-refractivity contribution in [3.05, 3.63) is 53.6 Å². The van der Waals surface area contributed by atoms with Crippen LogP contribution in [0.25, 0.3) is 11.3 Å². The number of anilines is 1. The number of methoxy groups -OCH3 is 3. The molecule has 0 fully saturated rings. The summed E-state index contributed by atoms with van der Waals surface area (Å²) in [5.41, 5.74) is 2.58. The number of carbonyl (C=O) groups excluding carboxylic acids is 2. The zero-order valence-corrected chi connectivity index (χ0v) is 16.8. The van der Waals surface area contributed by atoms with E-state index < -0.39 is 5.92 Å². The highest BCUT2D eigenvalue weighted by Crippen LogP contribution is 2.41. The minimum atomic E-state index is -0.663. The second kappa shape index (κ2) is 7.90. The number of rotatable bonds is 6. The molecule has 0 saturated heterocycles. The van der Waals surface area contributed by atoms with Crippen molar-refractivity contribution in [2.45, 2.75) is 12.3 Å². The first-order valence-electron chi connectivity index (χ1n) is 9.34. The lowest BCUT2D eigenvalue weighted by atomic mass is 9.84. The molecule has 8 nitrogen and oxygen atoms in total. The van der Waals surface area contributed by atoms with Gasteiger partial charge in [-0.25, -0.2) is 0 Å². The van der Waals surface area contributed by atoms with Gasteiger partial charge in [-0.05, 0) is 42.5 Å². The van der Waals surface area contributed by atoms with Gasteiger partial charge in [0.2, 0.25) is 5.91 Å². The molecule has 3 aromatic rings. The molecule has 0 radical (unpaired) electrons. The normalized spacial score (nSPS) is 15.2. The summed E-state index contributed by atoms with van der Waals surface area (Å²) in [6, 6.07) is 12.3. The first-order chi connectivity index (χ1) is 14.5. The van der Waals surface area contributed by atoms with E-state index in [4.69, 9.17) is 14.2 Å². The summed E-state index contributed by atoms with van der Waals surface area (Å²) < 4.78 is 15.9. The number of aromatic nitrogens is 2. The number of carbonyl (C=O) groups is 2. The number of amides is 1. The summed E-state index contributed by atoms with van der Waals surface area (Å²) in [7, 11) is 4.68. The van der Waals surface area contributed by atoms with Gasteiger partial charge < -0.3 is 19.5 Å². The molecule has 154 valence electrons. The molecule has 1 aliphatic rings. The van der Waals surface area contributed by atoms with Crippen LogP contribution in [0.15, 0.2) is 42.5 Å². The summed E-state index contributed by atoms with van der Waals surface area (Å²) in [5.74, 6) is 1.09. The SMILES string of the molecule is COc1ccc(C(=O)C2CC(=O)Nc3n[nH]c(-c4ccc(OC)c(OC)c4)c32)cc1. The van der Waals surface area contributed by atoms with Gasteiger partial charge in [-0.2, -0.15) is 5.10 Å². The van der Waals surface area contributed by atoms with Crippen molar-refractivity contribution >= 4 is 17.5 Å². The zero-order valence-electron chi connectivity index (χ0n) is 16.8. The third kappa shape index (κ3) is 3.36. The lowest BCUT2D eigenvalue weighted by Gasteiger charge is -2.22. The van der Waals surface area contributed by atoms with E-state index in [1.54, 1.807) is 57.7 Å². The first-order valence-corrected chi connectivity index (χ1v) is 9.34. The van der Waals surface area contributed by atoms with E-state index in [0.717, 1.165) is 5.56 Å². The molecule has 2 aromatic carbocycles. The maximum absolute atomic E-state index is 13.3. The molecule has 0 saturated carbocycles. The van der Waals surface area contributed by atoms with Crippen molar-refractivity contribution in [3.8, 4) is 28.5 Å². The number of ketones is 1. The van der Waals surface area contributed by atoms with Crippen molar-refractivity contribution in [1.29, 1.82) is 0 Å². The molecule has 1 atom stereocenters. The van der Waals surface area contributed by atoms with Crippen LogP contribution in [-0.4, -0.2) is 43.2 Å². The molecule has 4 rings (SSSR count). The number of H-pyrrole nitrogens is 1. The summed E-state index contributed by atoms with van der Waals surface area (Å²) in [4.78, 5) is 25.5. The summed E-state index contributed by atoms with van der Waals surface area (Å²) in [6.07, 6.45) is 0.0394.